The van der Waals surface area contributed by atoms with Crippen molar-refractivity contribution in [3.05, 3.63) is 41.0 Å². The van der Waals surface area contributed by atoms with Crippen LogP contribution in [0.3, 0.4) is 0 Å². The van der Waals surface area contributed by atoms with Crippen molar-refractivity contribution in [3.8, 4) is 0 Å². The lowest BCUT2D eigenvalue weighted by molar-refractivity contribution is 0.372. The van der Waals surface area contributed by atoms with E-state index in [0.29, 0.717) is 0 Å². The summed E-state index contributed by atoms with van der Waals surface area (Å²) in [5.74, 6) is 0.796. The van der Waals surface area contributed by atoms with E-state index >= 15 is 0 Å². The highest BCUT2D eigenvalue weighted by Gasteiger charge is 2.13. The number of benzene rings is 1. The molecule has 2 aromatic rings. The number of aromatic nitrogens is 1. The van der Waals surface area contributed by atoms with Crippen molar-refractivity contribution in [1.82, 2.24) is 10.3 Å². The van der Waals surface area contributed by atoms with Gasteiger partial charge in [-0.15, -0.1) is 0 Å². The van der Waals surface area contributed by atoms with Gasteiger partial charge in [0, 0.05) is 16.6 Å². The van der Waals surface area contributed by atoms with Gasteiger partial charge in [0.15, 0.2) is 0 Å². The Bertz CT molecular complexity index is 547. The van der Waals surface area contributed by atoms with Crippen LogP contribution in [-0.2, 0) is 6.42 Å². The molecule has 2 heterocycles. The third-order valence-electron chi connectivity index (χ3n) is 3.68. The zero-order valence-corrected chi connectivity index (χ0v) is 11.1. The first-order valence-electron chi connectivity index (χ1n) is 6.56. The first-order valence-corrected chi connectivity index (χ1v) is 6.94. The van der Waals surface area contributed by atoms with Crippen molar-refractivity contribution >= 4 is 22.5 Å². The minimum atomic E-state index is 0.781. The Kier molecular flexibility index (Phi) is 3.48. The van der Waals surface area contributed by atoms with Crippen LogP contribution in [0.15, 0.2) is 30.5 Å². The quantitative estimate of drug-likeness (QED) is 0.895. The van der Waals surface area contributed by atoms with E-state index in [1.807, 2.05) is 24.4 Å². The molecule has 0 radical (unpaired) electrons. The molecule has 1 saturated heterocycles. The van der Waals surface area contributed by atoms with Gasteiger partial charge in [-0.2, -0.15) is 0 Å². The van der Waals surface area contributed by atoms with Crippen LogP contribution in [0.1, 0.15) is 18.4 Å². The van der Waals surface area contributed by atoms with E-state index in [-0.39, 0.29) is 0 Å². The molecule has 0 unspecified atom stereocenters. The summed E-state index contributed by atoms with van der Waals surface area (Å²) in [5.41, 5.74) is 2.35. The first-order chi connectivity index (χ1) is 8.81. The second kappa shape index (κ2) is 5.25. The van der Waals surface area contributed by atoms with Crippen LogP contribution in [0.4, 0.5) is 0 Å². The molecular weight excluding hydrogens is 244 g/mol. The Balaban J connectivity index is 1.83. The highest BCUT2D eigenvalue weighted by atomic mass is 35.5. The Labute approximate surface area is 112 Å². The van der Waals surface area contributed by atoms with Crippen molar-refractivity contribution in [2.75, 3.05) is 13.1 Å². The lowest BCUT2D eigenvalue weighted by atomic mass is 9.91. The first kappa shape index (κ1) is 11.9. The van der Waals surface area contributed by atoms with Crippen molar-refractivity contribution < 1.29 is 0 Å². The van der Waals surface area contributed by atoms with E-state index in [1.54, 1.807) is 0 Å². The zero-order valence-electron chi connectivity index (χ0n) is 10.3. The molecule has 0 atom stereocenters. The molecule has 0 amide bonds. The van der Waals surface area contributed by atoms with E-state index in [0.717, 1.165) is 41.4 Å². The SMILES string of the molecule is Clc1ccc2ncc(CC3CCNCC3)cc2c1. The van der Waals surface area contributed by atoms with Crippen LogP contribution in [0.2, 0.25) is 5.02 Å². The number of nitrogens with one attached hydrogen (secondary N) is 1. The molecule has 1 aromatic carbocycles. The number of hydrogen-bond donors (Lipinski definition) is 1. The van der Waals surface area contributed by atoms with E-state index in [9.17, 15) is 0 Å². The van der Waals surface area contributed by atoms with Crippen LogP contribution < -0.4 is 5.32 Å². The molecule has 2 nitrogen and oxygen atoms in total. The molecule has 0 spiro atoms. The molecule has 1 aromatic heterocycles. The Morgan fingerprint density at radius 3 is 2.89 bits per heavy atom. The average Bonchev–Trinajstić information content (AvgIpc) is 2.39. The van der Waals surface area contributed by atoms with E-state index in [2.05, 4.69) is 16.4 Å². The van der Waals surface area contributed by atoms with Crippen molar-refractivity contribution in [1.29, 1.82) is 0 Å². The molecule has 1 fully saturated rings. The van der Waals surface area contributed by atoms with Crippen molar-refractivity contribution in [3.63, 3.8) is 0 Å². The number of rotatable bonds is 2. The molecule has 0 bridgehead atoms. The number of hydrogen-bond acceptors (Lipinski definition) is 2. The average molecular weight is 261 g/mol. The summed E-state index contributed by atoms with van der Waals surface area (Å²) in [6.07, 6.45) is 5.69. The highest BCUT2D eigenvalue weighted by molar-refractivity contribution is 6.31. The second-order valence-electron chi connectivity index (χ2n) is 5.08. The van der Waals surface area contributed by atoms with Gasteiger partial charge < -0.3 is 5.32 Å². The Hall–Kier alpha value is -1.12. The Morgan fingerprint density at radius 2 is 2.06 bits per heavy atom. The van der Waals surface area contributed by atoms with Crippen LogP contribution >= 0.6 is 11.6 Å². The lowest BCUT2D eigenvalue weighted by Crippen LogP contribution is -2.28. The summed E-state index contributed by atoms with van der Waals surface area (Å²) in [4.78, 5) is 4.51. The third-order valence-corrected chi connectivity index (χ3v) is 3.92. The Morgan fingerprint density at radius 1 is 1.22 bits per heavy atom. The van der Waals surface area contributed by atoms with Crippen LogP contribution in [0.25, 0.3) is 10.9 Å². The zero-order chi connectivity index (χ0) is 12.4. The predicted octanol–water partition coefficient (Wildman–Crippen LogP) is 3.43. The van der Waals surface area contributed by atoms with Gasteiger partial charge in [0.2, 0.25) is 0 Å². The number of halogens is 1. The molecule has 1 N–H and O–H groups in total. The largest absolute Gasteiger partial charge is 0.317 e. The molecule has 94 valence electrons. The molecule has 3 rings (SSSR count). The van der Waals surface area contributed by atoms with Crippen LogP contribution in [0.5, 0.6) is 0 Å². The minimum Gasteiger partial charge on any atom is -0.317 e. The monoisotopic (exact) mass is 260 g/mol. The molecule has 0 aliphatic carbocycles. The lowest BCUT2D eigenvalue weighted by Gasteiger charge is -2.22. The van der Waals surface area contributed by atoms with Gasteiger partial charge in [0.25, 0.3) is 0 Å². The van der Waals surface area contributed by atoms with E-state index in [4.69, 9.17) is 11.6 Å². The topological polar surface area (TPSA) is 24.9 Å². The summed E-state index contributed by atoms with van der Waals surface area (Å²) in [6, 6.07) is 8.10. The predicted molar refractivity (Wildman–Crippen MR) is 76.1 cm³/mol. The van der Waals surface area contributed by atoms with Gasteiger partial charge in [-0.1, -0.05) is 11.6 Å². The number of piperidine rings is 1. The molecular formula is C15H17ClN2. The standard InChI is InChI=1S/C15H17ClN2/c16-14-1-2-15-13(9-14)8-12(10-18-15)7-11-3-5-17-6-4-11/h1-2,8-11,17H,3-7H2. The van der Waals surface area contributed by atoms with Gasteiger partial charge >= 0.3 is 0 Å². The van der Waals surface area contributed by atoms with Crippen LogP contribution in [0, 0.1) is 5.92 Å². The fraction of sp³-hybridized carbons (Fsp3) is 0.400. The normalized spacial score (nSPS) is 17.2. The molecule has 1 aliphatic heterocycles. The maximum absolute atomic E-state index is 6.03. The fourth-order valence-corrected chi connectivity index (χ4v) is 2.86. The maximum Gasteiger partial charge on any atom is 0.0703 e. The number of nitrogens with zero attached hydrogens (tertiary/aromatic N) is 1. The number of fused-ring (bicyclic) bond motifs is 1. The highest BCUT2D eigenvalue weighted by Crippen LogP contribution is 2.22. The molecule has 0 saturated carbocycles. The summed E-state index contributed by atoms with van der Waals surface area (Å²) in [5, 5.41) is 5.33. The van der Waals surface area contributed by atoms with Crippen molar-refractivity contribution in [2.45, 2.75) is 19.3 Å². The van der Waals surface area contributed by atoms with Gasteiger partial charge in [-0.25, -0.2) is 0 Å². The van der Waals surface area contributed by atoms with Gasteiger partial charge in [-0.05, 0) is 68.1 Å². The number of pyridine rings is 1. The third kappa shape index (κ3) is 2.65. The summed E-state index contributed by atoms with van der Waals surface area (Å²) < 4.78 is 0. The summed E-state index contributed by atoms with van der Waals surface area (Å²) >= 11 is 6.03. The molecule has 1 aliphatic rings. The van der Waals surface area contributed by atoms with Crippen LogP contribution in [-0.4, -0.2) is 18.1 Å². The smallest absolute Gasteiger partial charge is 0.0703 e. The molecule has 18 heavy (non-hydrogen) atoms. The van der Waals surface area contributed by atoms with Crippen molar-refractivity contribution in [2.24, 2.45) is 5.92 Å². The fourth-order valence-electron chi connectivity index (χ4n) is 2.68. The molecule has 3 heteroatoms. The van der Waals surface area contributed by atoms with E-state index < -0.39 is 0 Å². The van der Waals surface area contributed by atoms with Gasteiger partial charge in [0.05, 0.1) is 5.52 Å². The summed E-state index contributed by atoms with van der Waals surface area (Å²) in [6.45, 7) is 2.30. The minimum absolute atomic E-state index is 0.781. The maximum atomic E-state index is 6.03. The van der Waals surface area contributed by atoms with Gasteiger partial charge in [0.1, 0.15) is 0 Å². The van der Waals surface area contributed by atoms with E-state index in [1.165, 1.54) is 18.4 Å². The second-order valence-corrected chi connectivity index (χ2v) is 5.51. The summed E-state index contributed by atoms with van der Waals surface area (Å²) in [7, 11) is 0. The van der Waals surface area contributed by atoms with Gasteiger partial charge in [-0.3, -0.25) is 4.98 Å².